The lowest BCUT2D eigenvalue weighted by atomic mass is 9.82. The number of nitrogens with one attached hydrogen (secondary N) is 2. The van der Waals surface area contributed by atoms with Crippen LogP contribution in [0.3, 0.4) is 0 Å². The van der Waals surface area contributed by atoms with Crippen LogP contribution in [0.25, 0.3) is 0 Å². The van der Waals surface area contributed by atoms with Crippen LogP contribution < -0.4 is 10.6 Å². The molecule has 1 saturated heterocycles. The van der Waals surface area contributed by atoms with Gasteiger partial charge in [0.25, 0.3) is 0 Å². The summed E-state index contributed by atoms with van der Waals surface area (Å²) < 4.78 is 13.1. The van der Waals surface area contributed by atoms with Crippen LogP contribution in [0, 0.1) is 11.2 Å². The fraction of sp³-hybridized carbons (Fsp3) is 0.429. The van der Waals surface area contributed by atoms with Crippen LogP contribution in [0.2, 0.25) is 0 Å². The molecule has 5 nitrogen and oxygen atoms in total. The molecule has 1 aromatic rings. The highest BCUT2D eigenvalue weighted by atomic mass is 19.1. The second kappa shape index (κ2) is 5.58. The molecule has 1 fully saturated rings. The summed E-state index contributed by atoms with van der Waals surface area (Å²) >= 11 is 0. The van der Waals surface area contributed by atoms with Crippen molar-refractivity contribution in [1.29, 1.82) is 0 Å². The number of benzene rings is 1. The standard InChI is InChI=1S/C14H17FN2O3/c1-14(5-2-6-16-8-14)13(20)17-11-4-3-9(15)7-10(11)12(18)19/h3-4,7,16H,2,5-6,8H2,1H3,(H,17,20)(H,18,19). The van der Waals surface area contributed by atoms with Gasteiger partial charge in [0.2, 0.25) is 5.91 Å². The molecule has 1 aliphatic rings. The highest BCUT2D eigenvalue weighted by Crippen LogP contribution is 2.28. The molecule has 0 bridgehead atoms. The van der Waals surface area contributed by atoms with E-state index in [0.29, 0.717) is 6.54 Å². The van der Waals surface area contributed by atoms with E-state index in [0.717, 1.165) is 31.5 Å². The molecular formula is C14H17FN2O3. The molecule has 2 rings (SSSR count). The fourth-order valence-corrected chi connectivity index (χ4v) is 2.33. The smallest absolute Gasteiger partial charge is 0.337 e. The summed E-state index contributed by atoms with van der Waals surface area (Å²) in [5.41, 5.74) is -0.705. The first kappa shape index (κ1) is 14.5. The number of carboxylic acid groups (broad SMARTS) is 1. The molecule has 1 aromatic carbocycles. The largest absolute Gasteiger partial charge is 0.478 e. The third-order valence-corrected chi connectivity index (χ3v) is 3.61. The first-order chi connectivity index (χ1) is 9.42. The molecule has 1 amide bonds. The number of hydrogen-bond acceptors (Lipinski definition) is 3. The number of amides is 1. The Morgan fingerprint density at radius 3 is 2.80 bits per heavy atom. The minimum Gasteiger partial charge on any atom is -0.478 e. The SMILES string of the molecule is CC1(C(=O)Nc2ccc(F)cc2C(=O)O)CCCNC1. The van der Waals surface area contributed by atoms with Crippen LogP contribution in [-0.2, 0) is 4.79 Å². The number of carbonyl (C=O) groups is 2. The molecule has 0 aromatic heterocycles. The highest BCUT2D eigenvalue weighted by Gasteiger charge is 2.35. The van der Waals surface area contributed by atoms with Crippen molar-refractivity contribution in [2.75, 3.05) is 18.4 Å². The summed E-state index contributed by atoms with van der Waals surface area (Å²) in [4.78, 5) is 23.4. The maximum absolute atomic E-state index is 13.1. The van der Waals surface area contributed by atoms with Crippen molar-refractivity contribution in [3.63, 3.8) is 0 Å². The van der Waals surface area contributed by atoms with Crippen LogP contribution in [0.15, 0.2) is 18.2 Å². The maximum atomic E-state index is 13.1. The van der Waals surface area contributed by atoms with E-state index in [4.69, 9.17) is 5.11 Å². The predicted molar refractivity (Wildman–Crippen MR) is 72.2 cm³/mol. The lowest BCUT2D eigenvalue weighted by Crippen LogP contribution is -2.46. The van der Waals surface area contributed by atoms with Gasteiger partial charge in [-0.1, -0.05) is 0 Å². The molecule has 0 aliphatic carbocycles. The van der Waals surface area contributed by atoms with E-state index in [9.17, 15) is 14.0 Å². The summed E-state index contributed by atoms with van der Waals surface area (Å²) in [5.74, 6) is -2.17. The minimum atomic E-state index is -1.27. The number of piperidine rings is 1. The minimum absolute atomic E-state index is 0.121. The molecule has 0 saturated carbocycles. The number of rotatable bonds is 3. The van der Waals surface area contributed by atoms with Gasteiger partial charge in [0.05, 0.1) is 16.7 Å². The van der Waals surface area contributed by atoms with E-state index in [-0.39, 0.29) is 17.2 Å². The number of carbonyl (C=O) groups excluding carboxylic acids is 1. The fourth-order valence-electron chi connectivity index (χ4n) is 2.33. The van der Waals surface area contributed by atoms with Crippen molar-refractivity contribution in [3.8, 4) is 0 Å². The van der Waals surface area contributed by atoms with Gasteiger partial charge < -0.3 is 15.7 Å². The number of carboxylic acids is 1. The third kappa shape index (κ3) is 2.96. The first-order valence-corrected chi connectivity index (χ1v) is 6.47. The van der Waals surface area contributed by atoms with Crippen LogP contribution >= 0.6 is 0 Å². The molecule has 3 N–H and O–H groups in total. The van der Waals surface area contributed by atoms with Gasteiger partial charge in [-0.3, -0.25) is 4.79 Å². The molecule has 0 radical (unpaired) electrons. The molecule has 1 unspecified atom stereocenters. The summed E-state index contributed by atoms with van der Waals surface area (Å²) in [7, 11) is 0. The van der Waals surface area contributed by atoms with Crippen molar-refractivity contribution < 1.29 is 19.1 Å². The average molecular weight is 280 g/mol. The number of anilines is 1. The van der Waals surface area contributed by atoms with Crippen molar-refractivity contribution in [2.45, 2.75) is 19.8 Å². The molecule has 6 heteroatoms. The number of aromatic carboxylic acids is 1. The van der Waals surface area contributed by atoms with E-state index in [1.165, 1.54) is 6.07 Å². The predicted octanol–water partition coefficient (Wildman–Crippen LogP) is 1.85. The normalized spacial score (nSPS) is 22.3. The Hall–Kier alpha value is -1.95. The maximum Gasteiger partial charge on any atom is 0.337 e. The van der Waals surface area contributed by atoms with Crippen molar-refractivity contribution >= 4 is 17.6 Å². The molecule has 1 atom stereocenters. The van der Waals surface area contributed by atoms with Gasteiger partial charge in [-0.05, 0) is 44.5 Å². The number of hydrogen-bond donors (Lipinski definition) is 3. The van der Waals surface area contributed by atoms with Gasteiger partial charge in [-0.25, -0.2) is 9.18 Å². The zero-order valence-corrected chi connectivity index (χ0v) is 11.2. The summed E-state index contributed by atoms with van der Waals surface area (Å²) in [6, 6.07) is 3.30. The van der Waals surface area contributed by atoms with E-state index in [2.05, 4.69) is 10.6 Å². The molecular weight excluding hydrogens is 263 g/mol. The van der Waals surface area contributed by atoms with Crippen LogP contribution in [0.5, 0.6) is 0 Å². The monoisotopic (exact) mass is 280 g/mol. The van der Waals surface area contributed by atoms with Crippen molar-refractivity contribution in [3.05, 3.63) is 29.6 Å². The Kier molecular flexibility index (Phi) is 4.04. The van der Waals surface area contributed by atoms with E-state index in [1.54, 1.807) is 0 Å². The Bertz CT molecular complexity index is 539. The van der Waals surface area contributed by atoms with Gasteiger partial charge >= 0.3 is 5.97 Å². The zero-order valence-electron chi connectivity index (χ0n) is 11.2. The second-order valence-corrected chi connectivity index (χ2v) is 5.29. The summed E-state index contributed by atoms with van der Waals surface area (Å²) in [6.07, 6.45) is 1.62. The van der Waals surface area contributed by atoms with Gasteiger partial charge in [0.1, 0.15) is 5.82 Å². The van der Waals surface area contributed by atoms with Gasteiger partial charge in [0.15, 0.2) is 0 Å². The van der Waals surface area contributed by atoms with Gasteiger partial charge in [0, 0.05) is 6.54 Å². The molecule has 20 heavy (non-hydrogen) atoms. The van der Waals surface area contributed by atoms with E-state index >= 15 is 0 Å². The Labute approximate surface area is 116 Å². The zero-order chi connectivity index (χ0) is 14.8. The van der Waals surface area contributed by atoms with Crippen molar-refractivity contribution in [2.24, 2.45) is 5.41 Å². The third-order valence-electron chi connectivity index (χ3n) is 3.61. The van der Waals surface area contributed by atoms with Crippen LogP contribution in [0.1, 0.15) is 30.1 Å². The van der Waals surface area contributed by atoms with Crippen LogP contribution in [-0.4, -0.2) is 30.1 Å². The highest BCUT2D eigenvalue weighted by molar-refractivity contribution is 6.02. The lowest BCUT2D eigenvalue weighted by Gasteiger charge is -2.32. The Balaban J connectivity index is 2.21. The van der Waals surface area contributed by atoms with E-state index < -0.39 is 17.2 Å². The molecule has 1 aliphatic heterocycles. The number of halogens is 1. The topological polar surface area (TPSA) is 78.4 Å². The molecule has 108 valence electrons. The quantitative estimate of drug-likeness (QED) is 0.789. The second-order valence-electron chi connectivity index (χ2n) is 5.29. The Morgan fingerprint density at radius 2 is 2.20 bits per heavy atom. The van der Waals surface area contributed by atoms with Gasteiger partial charge in [-0.15, -0.1) is 0 Å². The summed E-state index contributed by atoms with van der Waals surface area (Å²) in [5, 5.41) is 14.8. The van der Waals surface area contributed by atoms with Gasteiger partial charge in [-0.2, -0.15) is 0 Å². The lowest BCUT2D eigenvalue weighted by molar-refractivity contribution is -0.125. The molecule has 0 spiro atoms. The first-order valence-electron chi connectivity index (χ1n) is 6.47. The van der Waals surface area contributed by atoms with E-state index in [1.807, 2.05) is 6.92 Å². The summed E-state index contributed by atoms with van der Waals surface area (Å²) in [6.45, 7) is 3.25. The molecule has 1 heterocycles. The van der Waals surface area contributed by atoms with Crippen molar-refractivity contribution in [1.82, 2.24) is 5.32 Å². The van der Waals surface area contributed by atoms with Crippen LogP contribution in [0.4, 0.5) is 10.1 Å². The average Bonchev–Trinajstić information content (AvgIpc) is 2.41. The Morgan fingerprint density at radius 1 is 1.45 bits per heavy atom.